The van der Waals surface area contributed by atoms with Gasteiger partial charge in [-0.15, -0.1) is 0 Å². The van der Waals surface area contributed by atoms with Gasteiger partial charge in [0.2, 0.25) is 0 Å². The number of ether oxygens (including phenoxy) is 1. The lowest BCUT2D eigenvalue weighted by Crippen LogP contribution is -2.15. The van der Waals surface area contributed by atoms with Gasteiger partial charge in [0.05, 0.1) is 12.5 Å². The van der Waals surface area contributed by atoms with Gasteiger partial charge in [-0.2, -0.15) is 0 Å². The van der Waals surface area contributed by atoms with Gasteiger partial charge < -0.3 is 9.84 Å². The number of halogens is 2. The summed E-state index contributed by atoms with van der Waals surface area (Å²) in [4.78, 5) is 11.6. The highest BCUT2D eigenvalue weighted by atomic mass is 19.1. The Bertz CT molecular complexity index is 739. The molecule has 1 N–H and O–H groups in total. The van der Waals surface area contributed by atoms with Crippen molar-refractivity contribution in [3.63, 3.8) is 0 Å². The Kier molecular flexibility index (Phi) is 6.12. The van der Waals surface area contributed by atoms with E-state index in [1.807, 2.05) is 13.8 Å². The third kappa shape index (κ3) is 4.56. The smallest absolute Gasteiger partial charge is 0.310 e. The molecule has 0 saturated heterocycles. The summed E-state index contributed by atoms with van der Waals surface area (Å²) in [6.45, 7) is 5.84. The largest absolute Gasteiger partial charge is 0.490 e. The van der Waals surface area contributed by atoms with E-state index in [9.17, 15) is 18.7 Å². The maximum Gasteiger partial charge on any atom is 0.310 e. The van der Waals surface area contributed by atoms with Crippen LogP contribution in [0.1, 0.15) is 38.7 Å². The molecule has 2 aromatic rings. The van der Waals surface area contributed by atoms with Crippen molar-refractivity contribution in [2.45, 2.75) is 33.1 Å². The molecule has 0 heterocycles. The zero-order valence-corrected chi connectivity index (χ0v) is 14.6. The van der Waals surface area contributed by atoms with Gasteiger partial charge in [0.25, 0.3) is 0 Å². The Balaban J connectivity index is 2.60. The minimum Gasteiger partial charge on any atom is -0.490 e. The van der Waals surface area contributed by atoms with Crippen molar-refractivity contribution in [1.82, 2.24) is 0 Å². The lowest BCUT2D eigenvalue weighted by Gasteiger charge is -2.19. The van der Waals surface area contributed by atoms with Crippen LogP contribution in [0.3, 0.4) is 0 Å². The molecule has 0 fully saturated rings. The zero-order chi connectivity index (χ0) is 18.6. The van der Waals surface area contributed by atoms with Crippen molar-refractivity contribution in [3.05, 3.63) is 53.6 Å². The molecule has 0 spiro atoms. The first-order valence-electron chi connectivity index (χ1n) is 8.28. The SMILES string of the molecule is CCOc1c(F)cc(C(CC(C)C)C(=O)O)cc1-c1ccc(F)cc1. The number of hydrogen-bond acceptors (Lipinski definition) is 2. The summed E-state index contributed by atoms with van der Waals surface area (Å²) in [5, 5.41) is 9.53. The van der Waals surface area contributed by atoms with Crippen LogP contribution in [0, 0.1) is 17.6 Å². The molecule has 0 amide bonds. The molecule has 3 nitrogen and oxygen atoms in total. The standard InChI is InChI=1S/C20H22F2O3/c1-4-25-19-16(13-5-7-15(21)8-6-13)10-14(11-18(19)22)17(20(23)24)9-12(2)3/h5-8,10-12,17H,4,9H2,1-3H3,(H,23,24). The van der Waals surface area contributed by atoms with Gasteiger partial charge in [0, 0.05) is 5.56 Å². The van der Waals surface area contributed by atoms with Gasteiger partial charge in [0.15, 0.2) is 11.6 Å². The second kappa shape index (κ2) is 8.10. The van der Waals surface area contributed by atoms with Crippen molar-refractivity contribution in [2.24, 2.45) is 5.92 Å². The number of hydrogen-bond donors (Lipinski definition) is 1. The third-order valence-corrected chi connectivity index (χ3v) is 3.92. The Hall–Kier alpha value is -2.43. The van der Waals surface area contributed by atoms with Gasteiger partial charge >= 0.3 is 5.97 Å². The van der Waals surface area contributed by atoms with Crippen LogP contribution in [0.2, 0.25) is 0 Å². The minimum absolute atomic E-state index is 0.0477. The summed E-state index contributed by atoms with van der Waals surface area (Å²) in [6.07, 6.45) is 0.394. The van der Waals surface area contributed by atoms with Gasteiger partial charge in [-0.1, -0.05) is 26.0 Å². The molecule has 1 unspecified atom stereocenters. The lowest BCUT2D eigenvalue weighted by molar-refractivity contribution is -0.139. The summed E-state index contributed by atoms with van der Waals surface area (Å²) in [7, 11) is 0. The van der Waals surface area contributed by atoms with Gasteiger partial charge in [-0.05, 0) is 54.7 Å². The van der Waals surface area contributed by atoms with Crippen molar-refractivity contribution in [3.8, 4) is 16.9 Å². The second-order valence-corrected chi connectivity index (χ2v) is 6.34. The Morgan fingerprint density at radius 3 is 2.32 bits per heavy atom. The van der Waals surface area contributed by atoms with Crippen molar-refractivity contribution in [2.75, 3.05) is 6.61 Å². The molecule has 134 valence electrons. The minimum atomic E-state index is -0.998. The van der Waals surface area contributed by atoms with Crippen LogP contribution < -0.4 is 4.74 Å². The van der Waals surface area contributed by atoms with Crippen LogP contribution in [0.5, 0.6) is 5.75 Å². The topological polar surface area (TPSA) is 46.5 Å². The summed E-state index contributed by atoms with van der Waals surface area (Å²) in [5.74, 6) is -2.64. The van der Waals surface area contributed by atoms with Crippen LogP contribution >= 0.6 is 0 Å². The number of carboxylic acid groups (broad SMARTS) is 1. The molecule has 5 heteroatoms. The predicted molar refractivity (Wildman–Crippen MR) is 92.8 cm³/mol. The molecule has 2 aromatic carbocycles. The molecule has 2 rings (SSSR count). The van der Waals surface area contributed by atoms with E-state index in [4.69, 9.17) is 4.74 Å². The number of rotatable bonds is 7. The molecule has 25 heavy (non-hydrogen) atoms. The maximum absolute atomic E-state index is 14.6. The van der Waals surface area contributed by atoms with Crippen molar-refractivity contribution in [1.29, 1.82) is 0 Å². The molecule has 0 radical (unpaired) electrons. The van der Waals surface area contributed by atoms with E-state index in [0.717, 1.165) is 0 Å². The quantitative estimate of drug-likeness (QED) is 0.744. The Morgan fingerprint density at radius 2 is 1.80 bits per heavy atom. The molecule has 0 aliphatic carbocycles. The fourth-order valence-corrected chi connectivity index (χ4v) is 2.80. The summed E-state index contributed by atoms with van der Waals surface area (Å²) in [5.41, 5.74) is 1.37. The van der Waals surface area contributed by atoms with E-state index in [2.05, 4.69) is 0 Å². The van der Waals surface area contributed by atoms with Gasteiger partial charge in [-0.3, -0.25) is 4.79 Å². The molecule has 0 aliphatic rings. The lowest BCUT2D eigenvalue weighted by atomic mass is 9.88. The number of carboxylic acids is 1. The van der Waals surface area contributed by atoms with Crippen LogP contribution in [-0.4, -0.2) is 17.7 Å². The first kappa shape index (κ1) is 18.9. The average molecular weight is 348 g/mol. The van der Waals surface area contributed by atoms with Crippen LogP contribution in [-0.2, 0) is 4.79 Å². The van der Waals surface area contributed by atoms with Crippen molar-refractivity contribution >= 4 is 5.97 Å². The molecular formula is C20H22F2O3. The van der Waals surface area contributed by atoms with Gasteiger partial charge in [0.1, 0.15) is 5.82 Å². The molecule has 1 atom stereocenters. The number of aliphatic carboxylic acids is 1. The maximum atomic E-state index is 14.6. The van der Waals surface area contributed by atoms with Crippen LogP contribution in [0.4, 0.5) is 8.78 Å². The van der Waals surface area contributed by atoms with E-state index in [0.29, 0.717) is 23.1 Å². The fraction of sp³-hybridized carbons (Fsp3) is 0.350. The third-order valence-electron chi connectivity index (χ3n) is 3.92. The Morgan fingerprint density at radius 1 is 1.16 bits per heavy atom. The highest BCUT2D eigenvalue weighted by Crippen LogP contribution is 2.37. The Labute approximate surface area is 146 Å². The molecule has 0 saturated carbocycles. The van der Waals surface area contributed by atoms with E-state index in [-0.39, 0.29) is 18.3 Å². The first-order valence-corrected chi connectivity index (χ1v) is 8.28. The number of carbonyl (C=O) groups is 1. The van der Waals surface area contributed by atoms with Crippen LogP contribution in [0.25, 0.3) is 11.1 Å². The van der Waals surface area contributed by atoms with E-state index in [1.165, 1.54) is 30.3 Å². The van der Waals surface area contributed by atoms with E-state index in [1.54, 1.807) is 13.0 Å². The molecule has 0 bridgehead atoms. The predicted octanol–water partition coefficient (Wildman–Crippen LogP) is 5.24. The first-order chi connectivity index (χ1) is 11.8. The monoisotopic (exact) mass is 348 g/mol. The molecular weight excluding hydrogens is 326 g/mol. The molecule has 0 aliphatic heterocycles. The normalized spacial score (nSPS) is 12.2. The van der Waals surface area contributed by atoms with E-state index >= 15 is 0 Å². The van der Waals surface area contributed by atoms with Crippen molar-refractivity contribution < 1.29 is 23.4 Å². The van der Waals surface area contributed by atoms with Gasteiger partial charge in [-0.25, -0.2) is 8.78 Å². The second-order valence-electron chi connectivity index (χ2n) is 6.34. The molecule has 0 aromatic heterocycles. The number of benzene rings is 2. The fourth-order valence-electron chi connectivity index (χ4n) is 2.80. The highest BCUT2D eigenvalue weighted by molar-refractivity contribution is 5.79. The van der Waals surface area contributed by atoms with Crippen LogP contribution in [0.15, 0.2) is 36.4 Å². The zero-order valence-electron chi connectivity index (χ0n) is 14.6. The summed E-state index contributed by atoms with van der Waals surface area (Å²) < 4.78 is 33.2. The summed E-state index contributed by atoms with van der Waals surface area (Å²) >= 11 is 0. The highest BCUT2D eigenvalue weighted by Gasteiger charge is 2.24. The summed E-state index contributed by atoms with van der Waals surface area (Å²) in [6, 6.07) is 8.45. The van der Waals surface area contributed by atoms with E-state index < -0.39 is 23.5 Å². The average Bonchev–Trinajstić information content (AvgIpc) is 2.55.